The monoisotopic (exact) mass is 309 g/mol. The molecule has 2 atom stereocenters. The van der Waals surface area contributed by atoms with Crippen molar-refractivity contribution in [2.24, 2.45) is 11.8 Å². The molecule has 1 aliphatic heterocycles. The molecule has 1 N–H and O–H groups in total. The van der Waals surface area contributed by atoms with Crippen molar-refractivity contribution in [2.45, 2.75) is 51.0 Å². The van der Waals surface area contributed by atoms with E-state index in [4.69, 9.17) is 4.74 Å². The Bertz CT molecular complexity index is 403. The van der Waals surface area contributed by atoms with Crippen LogP contribution in [-0.2, 0) is 14.3 Å². The minimum atomic E-state index is -0.822. The van der Waals surface area contributed by atoms with Crippen molar-refractivity contribution in [2.75, 3.05) is 19.7 Å². The van der Waals surface area contributed by atoms with E-state index < -0.39 is 11.9 Å². The summed E-state index contributed by atoms with van der Waals surface area (Å²) in [6, 6.07) is 0. The third-order valence-corrected chi connectivity index (χ3v) is 4.86. The zero-order valence-electron chi connectivity index (χ0n) is 13.2. The lowest BCUT2D eigenvalue weighted by atomic mass is 9.87. The van der Waals surface area contributed by atoms with Crippen molar-refractivity contribution in [1.82, 2.24) is 4.90 Å². The number of piperidine rings is 1. The third-order valence-electron chi connectivity index (χ3n) is 4.86. The minimum absolute atomic E-state index is 0.0359. The van der Waals surface area contributed by atoms with Crippen LogP contribution in [0.3, 0.4) is 0 Å². The van der Waals surface area contributed by atoms with E-state index in [-0.39, 0.29) is 24.3 Å². The fraction of sp³-hybridized carbons (Fsp3) is 0.765. The van der Waals surface area contributed by atoms with Crippen LogP contribution in [0.2, 0.25) is 0 Å². The molecule has 0 aromatic heterocycles. The lowest BCUT2D eigenvalue weighted by Crippen LogP contribution is -2.44. The molecule has 2 rings (SSSR count). The van der Waals surface area contributed by atoms with Gasteiger partial charge in [-0.05, 0) is 31.6 Å². The number of carbonyl (C=O) groups is 2. The van der Waals surface area contributed by atoms with Gasteiger partial charge in [-0.3, -0.25) is 9.59 Å². The molecule has 1 aliphatic carbocycles. The summed E-state index contributed by atoms with van der Waals surface area (Å²) in [7, 11) is 0. The van der Waals surface area contributed by atoms with E-state index >= 15 is 0 Å². The molecule has 1 amide bonds. The van der Waals surface area contributed by atoms with Crippen LogP contribution in [0, 0.1) is 11.8 Å². The van der Waals surface area contributed by atoms with Crippen LogP contribution in [0.15, 0.2) is 12.7 Å². The maximum atomic E-state index is 12.5. The molecular formula is C17H27NO4. The van der Waals surface area contributed by atoms with Gasteiger partial charge >= 0.3 is 5.97 Å². The van der Waals surface area contributed by atoms with Crippen LogP contribution < -0.4 is 0 Å². The molecule has 1 saturated carbocycles. The maximum absolute atomic E-state index is 12.5. The summed E-state index contributed by atoms with van der Waals surface area (Å²) in [4.78, 5) is 25.8. The molecule has 1 heterocycles. The molecule has 0 radical (unpaired) electrons. The van der Waals surface area contributed by atoms with Crippen LogP contribution in [-0.4, -0.2) is 47.7 Å². The first-order valence-electron chi connectivity index (χ1n) is 8.35. The van der Waals surface area contributed by atoms with Gasteiger partial charge in [-0.25, -0.2) is 0 Å². The molecule has 1 saturated heterocycles. The summed E-state index contributed by atoms with van der Waals surface area (Å²) in [6.45, 7) is 5.41. The van der Waals surface area contributed by atoms with Gasteiger partial charge < -0.3 is 14.7 Å². The van der Waals surface area contributed by atoms with E-state index in [0.717, 1.165) is 38.5 Å². The van der Waals surface area contributed by atoms with Gasteiger partial charge in [-0.15, -0.1) is 6.58 Å². The van der Waals surface area contributed by atoms with Crippen molar-refractivity contribution in [1.29, 1.82) is 0 Å². The first-order valence-corrected chi connectivity index (χ1v) is 8.35. The topological polar surface area (TPSA) is 66.8 Å². The Hall–Kier alpha value is -1.36. The third kappa shape index (κ3) is 4.57. The second-order valence-corrected chi connectivity index (χ2v) is 6.42. The summed E-state index contributed by atoms with van der Waals surface area (Å²) < 4.78 is 5.64. The largest absolute Gasteiger partial charge is 0.481 e. The number of ether oxygens (including phenoxy) is 1. The smallest absolute Gasteiger partial charge is 0.307 e. The van der Waals surface area contributed by atoms with Crippen molar-refractivity contribution < 1.29 is 19.4 Å². The van der Waals surface area contributed by atoms with E-state index in [1.165, 1.54) is 0 Å². The van der Waals surface area contributed by atoms with E-state index in [9.17, 15) is 14.7 Å². The van der Waals surface area contributed by atoms with Crippen molar-refractivity contribution in [3.8, 4) is 0 Å². The number of rotatable bonds is 7. The van der Waals surface area contributed by atoms with Crippen LogP contribution >= 0.6 is 0 Å². The van der Waals surface area contributed by atoms with Crippen molar-refractivity contribution >= 4 is 11.9 Å². The van der Waals surface area contributed by atoms with Gasteiger partial charge in [-0.2, -0.15) is 0 Å². The fourth-order valence-corrected chi connectivity index (χ4v) is 3.64. The summed E-state index contributed by atoms with van der Waals surface area (Å²) >= 11 is 0. The summed E-state index contributed by atoms with van der Waals surface area (Å²) in [5.74, 6) is -1.22. The Labute approximate surface area is 132 Å². The minimum Gasteiger partial charge on any atom is -0.481 e. The molecule has 5 heteroatoms. The molecule has 124 valence electrons. The molecule has 2 aliphatic rings. The van der Waals surface area contributed by atoms with Gasteiger partial charge in [0.25, 0.3) is 0 Å². The summed E-state index contributed by atoms with van der Waals surface area (Å²) in [6.07, 6.45) is 7.80. The maximum Gasteiger partial charge on any atom is 0.307 e. The molecular weight excluding hydrogens is 282 g/mol. The SMILES string of the molecule is C=CCOC1CCCN(C(=O)C[C@H](C(=O)O)C2CCCC2)C1. The fourth-order valence-electron chi connectivity index (χ4n) is 3.64. The zero-order chi connectivity index (χ0) is 15.9. The van der Waals surface area contributed by atoms with Gasteiger partial charge in [0, 0.05) is 19.5 Å². The van der Waals surface area contributed by atoms with Crippen LogP contribution in [0.5, 0.6) is 0 Å². The highest BCUT2D eigenvalue weighted by Gasteiger charge is 2.34. The van der Waals surface area contributed by atoms with Gasteiger partial charge in [0.15, 0.2) is 0 Å². The van der Waals surface area contributed by atoms with Gasteiger partial charge in [-0.1, -0.05) is 18.9 Å². The van der Waals surface area contributed by atoms with Gasteiger partial charge in [0.2, 0.25) is 5.91 Å². The molecule has 1 unspecified atom stereocenters. The zero-order valence-corrected chi connectivity index (χ0v) is 13.2. The number of likely N-dealkylation sites (tertiary alicyclic amines) is 1. The predicted octanol–water partition coefficient (Wildman–Crippen LogP) is 2.46. The highest BCUT2D eigenvalue weighted by molar-refractivity contribution is 5.82. The Kier molecular flexibility index (Phi) is 6.43. The van der Waals surface area contributed by atoms with Gasteiger partial charge in [0.1, 0.15) is 0 Å². The number of hydrogen-bond donors (Lipinski definition) is 1. The average Bonchev–Trinajstić information content (AvgIpc) is 3.04. The molecule has 2 fully saturated rings. The molecule has 0 spiro atoms. The van der Waals surface area contributed by atoms with Crippen molar-refractivity contribution in [3.05, 3.63) is 12.7 Å². The van der Waals surface area contributed by atoms with Gasteiger partial charge in [0.05, 0.1) is 18.6 Å². The molecule has 0 aromatic carbocycles. The quantitative estimate of drug-likeness (QED) is 0.734. The standard InChI is InChI=1S/C17H27NO4/c1-2-10-22-14-8-5-9-18(12-14)16(19)11-15(17(20)21)13-6-3-4-7-13/h2,13-15H,1,3-12H2,(H,20,21)/t14?,15-/m0/s1. The summed E-state index contributed by atoms with van der Waals surface area (Å²) in [5.41, 5.74) is 0. The number of nitrogens with zero attached hydrogens (tertiary/aromatic N) is 1. The average molecular weight is 309 g/mol. The Morgan fingerprint density at radius 2 is 2.00 bits per heavy atom. The normalized spacial score (nSPS) is 24.2. The Balaban J connectivity index is 1.88. The highest BCUT2D eigenvalue weighted by Crippen LogP contribution is 2.33. The number of aliphatic carboxylic acids is 1. The number of carboxylic acid groups (broad SMARTS) is 1. The molecule has 0 aromatic rings. The number of amides is 1. The second-order valence-electron chi connectivity index (χ2n) is 6.42. The Morgan fingerprint density at radius 1 is 1.27 bits per heavy atom. The lowest BCUT2D eigenvalue weighted by Gasteiger charge is -2.33. The van der Waals surface area contributed by atoms with E-state index in [1.54, 1.807) is 11.0 Å². The van der Waals surface area contributed by atoms with E-state index in [0.29, 0.717) is 19.7 Å². The molecule has 22 heavy (non-hydrogen) atoms. The summed E-state index contributed by atoms with van der Waals surface area (Å²) in [5, 5.41) is 9.44. The van der Waals surface area contributed by atoms with Crippen molar-refractivity contribution in [3.63, 3.8) is 0 Å². The number of carboxylic acids is 1. The number of hydrogen-bond acceptors (Lipinski definition) is 3. The van der Waals surface area contributed by atoms with Crippen LogP contribution in [0.25, 0.3) is 0 Å². The highest BCUT2D eigenvalue weighted by atomic mass is 16.5. The second kappa shape index (κ2) is 8.32. The van der Waals surface area contributed by atoms with E-state index in [1.807, 2.05) is 0 Å². The van der Waals surface area contributed by atoms with E-state index in [2.05, 4.69) is 6.58 Å². The van der Waals surface area contributed by atoms with Crippen LogP contribution in [0.1, 0.15) is 44.9 Å². The Morgan fingerprint density at radius 3 is 2.64 bits per heavy atom. The number of carbonyl (C=O) groups excluding carboxylic acids is 1. The lowest BCUT2D eigenvalue weighted by molar-refractivity contribution is -0.149. The first kappa shape index (κ1) is 17.0. The molecule has 5 nitrogen and oxygen atoms in total. The van der Waals surface area contributed by atoms with Crippen LogP contribution in [0.4, 0.5) is 0 Å². The predicted molar refractivity (Wildman–Crippen MR) is 83.5 cm³/mol. The first-order chi connectivity index (χ1) is 10.6. The molecule has 0 bridgehead atoms.